The average molecular weight is 254 g/mol. The van der Waals surface area contributed by atoms with E-state index in [-0.39, 0.29) is 5.48 Å². The summed E-state index contributed by atoms with van der Waals surface area (Å²) in [6.45, 7) is 7.31. The lowest BCUT2D eigenvalue weighted by Crippen LogP contribution is -1.75. The Kier molecular flexibility index (Phi) is 9.77. The van der Waals surface area contributed by atoms with Crippen molar-refractivity contribution in [2.45, 2.75) is 12.8 Å². The third kappa shape index (κ3) is 7.74. The van der Waals surface area contributed by atoms with Crippen molar-refractivity contribution >= 4 is 0 Å². The van der Waals surface area contributed by atoms with Crippen molar-refractivity contribution in [3.63, 3.8) is 0 Å². The first-order valence-electron chi connectivity index (χ1n) is 6.16. The first-order chi connectivity index (χ1) is 8.86. The molecule has 0 fully saturated rings. The van der Waals surface area contributed by atoms with Gasteiger partial charge in [0.2, 0.25) is 0 Å². The number of benzene rings is 2. The Labute approximate surface area is 116 Å². The van der Waals surface area contributed by atoms with E-state index in [9.17, 15) is 0 Å². The molecule has 0 saturated carbocycles. The fraction of sp³-hybridized carbons (Fsp3) is 0.111. The van der Waals surface area contributed by atoms with Crippen molar-refractivity contribution in [3.8, 4) is 0 Å². The monoisotopic (exact) mass is 254 g/mol. The molecule has 0 aromatic heterocycles. The van der Waals surface area contributed by atoms with Gasteiger partial charge in [-0.25, -0.2) is 0 Å². The molecule has 0 bridgehead atoms. The van der Waals surface area contributed by atoms with Crippen LogP contribution in [0.2, 0.25) is 0 Å². The van der Waals surface area contributed by atoms with Crippen LogP contribution >= 0.6 is 0 Å². The molecule has 0 spiro atoms. The zero-order chi connectivity index (χ0) is 13.1. The highest BCUT2D eigenvalue weighted by Crippen LogP contribution is 1.99. The van der Waals surface area contributed by atoms with Gasteiger partial charge < -0.3 is 5.48 Å². The number of allylic oxidation sites excluding steroid dienone is 2. The van der Waals surface area contributed by atoms with Gasteiger partial charge in [0.15, 0.2) is 0 Å². The lowest BCUT2D eigenvalue weighted by Gasteiger charge is -1.91. The third-order valence-electron chi connectivity index (χ3n) is 2.45. The van der Waals surface area contributed by atoms with E-state index in [0.29, 0.717) is 0 Å². The van der Waals surface area contributed by atoms with Crippen LogP contribution in [0.15, 0.2) is 86.0 Å². The van der Waals surface area contributed by atoms with E-state index in [1.165, 1.54) is 11.1 Å². The molecule has 1 heteroatoms. The van der Waals surface area contributed by atoms with Crippen LogP contribution in [-0.2, 0) is 12.8 Å². The van der Waals surface area contributed by atoms with Crippen molar-refractivity contribution in [1.82, 2.24) is 0 Å². The van der Waals surface area contributed by atoms with Gasteiger partial charge in [-0.3, -0.25) is 0 Å². The van der Waals surface area contributed by atoms with Gasteiger partial charge in [-0.1, -0.05) is 72.8 Å². The molecule has 0 atom stereocenters. The molecule has 0 aliphatic heterocycles. The van der Waals surface area contributed by atoms with E-state index in [0.717, 1.165) is 12.8 Å². The van der Waals surface area contributed by atoms with Gasteiger partial charge in [-0.05, 0) is 24.0 Å². The normalized spacial score (nSPS) is 8.42. The predicted molar refractivity (Wildman–Crippen MR) is 84.3 cm³/mol. The second-order valence-corrected chi connectivity index (χ2v) is 3.96. The third-order valence-corrected chi connectivity index (χ3v) is 2.45. The van der Waals surface area contributed by atoms with Crippen LogP contribution in [0, 0.1) is 0 Å². The van der Waals surface area contributed by atoms with E-state index >= 15 is 0 Å². The maximum absolute atomic E-state index is 3.66. The second-order valence-electron chi connectivity index (χ2n) is 3.96. The Morgan fingerprint density at radius 1 is 0.632 bits per heavy atom. The van der Waals surface area contributed by atoms with Gasteiger partial charge in [-0.2, -0.15) is 0 Å². The molecule has 0 aliphatic rings. The number of rotatable bonds is 4. The van der Waals surface area contributed by atoms with Crippen molar-refractivity contribution in [2.75, 3.05) is 0 Å². The van der Waals surface area contributed by atoms with Crippen LogP contribution in [0.25, 0.3) is 0 Å². The van der Waals surface area contributed by atoms with Gasteiger partial charge >= 0.3 is 0 Å². The summed E-state index contributed by atoms with van der Waals surface area (Å²) in [6.07, 6.45) is 5.77. The smallest absolute Gasteiger partial charge is 0.0100 e. The fourth-order valence-electron chi connectivity index (χ4n) is 1.56. The molecule has 2 rings (SSSR count). The molecule has 19 heavy (non-hydrogen) atoms. The van der Waals surface area contributed by atoms with Crippen LogP contribution in [0.1, 0.15) is 11.1 Å². The highest BCUT2D eigenvalue weighted by Gasteiger charge is 1.82. The lowest BCUT2D eigenvalue weighted by molar-refractivity contribution is 0.824. The Morgan fingerprint density at radius 3 is 1.21 bits per heavy atom. The highest BCUT2D eigenvalue weighted by atomic mass is 16.0. The van der Waals surface area contributed by atoms with Crippen molar-refractivity contribution in [2.24, 2.45) is 0 Å². The lowest BCUT2D eigenvalue weighted by atomic mass is 10.2. The van der Waals surface area contributed by atoms with Crippen molar-refractivity contribution in [1.29, 1.82) is 0 Å². The maximum atomic E-state index is 3.66. The summed E-state index contributed by atoms with van der Waals surface area (Å²) >= 11 is 0. The highest BCUT2D eigenvalue weighted by molar-refractivity contribution is 5.17. The molecule has 0 aliphatic carbocycles. The average Bonchev–Trinajstić information content (AvgIpc) is 2.43. The number of hydrogen-bond donors (Lipinski definition) is 0. The minimum absolute atomic E-state index is 0. The first kappa shape index (κ1) is 16.9. The van der Waals surface area contributed by atoms with Gasteiger partial charge in [0.1, 0.15) is 0 Å². The standard InChI is InChI=1S/2C9H10.H2O/c2*1-2-6-9-7-4-3-5-8-9;/h2*2-5,7-8H,1,6H2;1H2. The molecule has 2 aromatic carbocycles. The molecule has 100 valence electrons. The first-order valence-corrected chi connectivity index (χ1v) is 6.16. The summed E-state index contributed by atoms with van der Waals surface area (Å²) < 4.78 is 0. The minimum atomic E-state index is 0. The fourth-order valence-corrected chi connectivity index (χ4v) is 1.56. The molecule has 0 saturated heterocycles. The topological polar surface area (TPSA) is 31.5 Å². The molecule has 2 N–H and O–H groups in total. The molecule has 0 amide bonds. The predicted octanol–water partition coefficient (Wildman–Crippen LogP) is 4.01. The second kappa shape index (κ2) is 11.0. The van der Waals surface area contributed by atoms with Gasteiger partial charge in [0.05, 0.1) is 0 Å². The van der Waals surface area contributed by atoms with E-state index in [1.807, 2.05) is 48.6 Å². The Hall–Kier alpha value is -2.12. The molecule has 0 heterocycles. The minimum Gasteiger partial charge on any atom is -0.412 e. The van der Waals surface area contributed by atoms with Gasteiger partial charge in [0.25, 0.3) is 0 Å². The quantitative estimate of drug-likeness (QED) is 0.738. The Bertz CT molecular complexity index is 400. The summed E-state index contributed by atoms with van der Waals surface area (Å²) in [7, 11) is 0. The maximum Gasteiger partial charge on any atom is -0.0100 e. The summed E-state index contributed by atoms with van der Waals surface area (Å²) in [6, 6.07) is 20.6. The van der Waals surface area contributed by atoms with Gasteiger partial charge in [-0.15, -0.1) is 13.2 Å². The van der Waals surface area contributed by atoms with E-state index in [2.05, 4.69) is 37.4 Å². The Balaban J connectivity index is 0.000000324. The molecule has 1 nitrogen and oxygen atoms in total. The zero-order valence-corrected chi connectivity index (χ0v) is 11.3. The van der Waals surface area contributed by atoms with Crippen LogP contribution in [0.4, 0.5) is 0 Å². The Morgan fingerprint density at radius 2 is 0.947 bits per heavy atom. The molecule has 0 radical (unpaired) electrons. The molecular weight excluding hydrogens is 232 g/mol. The largest absolute Gasteiger partial charge is 0.412 e. The SMILES string of the molecule is C=CCc1ccccc1.C=CCc1ccccc1.O. The van der Waals surface area contributed by atoms with Gasteiger partial charge in [0, 0.05) is 0 Å². The molecule has 2 aromatic rings. The van der Waals surface area contributed by atoms with Crippen LogP contribution in [-0.4, -0.2) is 5.48 Å². The van der Waals surface area contributed by atoms with Crippen molar-refractivity contribution < 1.29 is 5.48 Å². The van der Waals surface area contributed by atoms with Crippen molar-refractivity contribution in [3.05, 3.63) is 97.1 Å². The summed E-state index contributed by atoms with van der Waals surface area (Å²) in [5.74, 6) is 0. The van der Waals surface area contributed by atoms with Crippen LogP contribution in [0.5, 0.6) is 0 Å². The summed E-state index contributed by atoms with van der Waals surface area (Å²) in [5, 5.41) is 0. The summed E-state index contributed by atoms with van der Waals surface area (Å²) in [5.41, 5.74) is 2.65. The van der Waals surface area contributed by atoms with E-state index < -0.39 is 0 Å². The van der Waals surface area contributed by atoms with E-state index in [1.54, 1.807) is 0 Å². The molecule has 0 unspecified atom stereocenters. The molecular formula is C18H22O. The number of hydrogen-bond acceptors (Lipinski definition) is 0. The van der Waals surface area contributed by atoms with E-state index in [4.69, 9.17) is 0 Å². The summed E-state index contributed by atoms with van der Waals surface area (Å²) in [4.78, 5) is 0. The zero-order valence-electron chi connectivity index (χ0n) is 11.3. The van der Waals surface area contributed by atoms with Crippen LogP contribution < -0.4 is 0 Å². The van der Waals surface area contributed by atoms with Crippen LogP contribution in [0.3, 0.4) is 0 Å².